The van der Waals surface area contributed by atoms with Gasteiger partial charge in [0.2, 0.25) is 0 Å². The summed E-state index contributed by atoms with van der Waals surface area (Å²) in [7, 11) is 0. The van der Waals surface area contributed by atoms with E-state index < -0.39 is 0 Å². The zero-order valence-electron chi connectivity index (χ0n) is 7.97. The van der Waals surface area contributed by atoms with Gasteiger partial charge in [0, 0.05) is 4.47 Å². The van der Waals surface area contributed by atoms with E-state index in [9.17, 15) is 0 Å². The van der Waals surface area contributed by atoms with Gasteiger partial charge in [0.15, 0.2) is 5.82 Å². The number of hydrogen-bond acceptors (Lipinski definition) is 3. The lowest BCUT2D eigenvalue weighted by Crippen LogP contribution is -2.07. The fourth-order valence-corrected chi connectivity index (χ4v) is 1.74. The van der Waals surface area contributed by atoms with Crippen LogP contribution in [0.4, 0.5) is 0 Å². The summed E-state index contributed by atoms with van der Waals surface area (Å²) in [6, 6.07) is 7.91. The maximum atomic E-state index is 9.02. The van der Waals surface area contributed by atoms with Crippen LogP contribution in [0.25, 0.3) is 0 Å². The molecule has 0 unspecified atom stereocenters. The minimum absolute atomic E-state index is 0.0928. The number of nitrogens with zero attached hydrogens (tertiary/aromatic N) is 3. The van der Waals surface area contributed by atoms with E-state index in [0.717, 1.165) is 10.0 Å². The van der Waals surface area contributed by atoms with Crippen molar-refractivity contribution < 1.29 is 5.11 Å². The van der Waals surface area contributed by atoms with Gasteiger partial charge in [0.05, 0.1) is 6.54 Å². The monoisotopic (exact) mass is 267 g/mol. The van der Waals surface area contributed by atoms with Crippen LogP contribution in [0.2, 0.25) is 0 Å². The normalized spacial score (nSPS) is 10.5. The molecule has 0 atom stereocenters. The van der Waals surface area contributed by atoms with Gasteiger partial charge in [-0.05, 0) is 11.6 Å². The Morgan fingerprint density at radius 1 is 1.33 bits per heavy atom. The van der Waals surface area contributed by atoms with Crippen molar-refractivity contribution in [1.82, 2.24) is 14.8 Å². The van der Waals surface area contributed by atoms with E-state index in [1.807, 2.05) is 24.3 Å². The van der Waals surface area contributed by atoms with Gasteiger partial charge >= 0.3 is 0 Å². The Labute approximate surface area is 95.7 Å². The number of aliphatic hydroxyl groups is 1. The van der Waals surface area contributed by atoms with Gasteiger partial charge in [-0.2, -0.15) is 5.10 Å². The molecular formula is C10H10BrN3O. The van der Waals surface area contributed by atoms with Crippen molar-refractivity contribution in [3.8, 4) is 0 Å². The molecule has 0 aliphatic heterocycles. The average Bonchev–Trinajstić information content (AvgIpc) is 2.69. The zero-order valence-corrected chi connectivity index (χ0v) is 9.55. The van der Waals surface area contributed by atoms with E-state index in [4.69, 9.17) is 5.11 Å². The Morgan fingerprint density at radius 2 is 2.13 bits per heavy atom. The summed E-state index contributed by atoms with van der Waals surface area (Å²) in [5, 5.41) is 13.1. The molecule has 4 nitrogen and oxygen atoms in total. The third kappa shape index (κ3) is 2.24. The fraction of sp³-hybridized carbons (Fsp3) is 0.200. The van der Waals surface area contributed by atoms with Crippen molar-refractivity contribution in [2.24, 2.45) is 0 Å². The standard InChI is InChI=1S/C10H10BrN3O/c11-9-4-2-1-3-8(9)5-14-10(6-15)12-7-13-14/h1-4,7,15H,5-6H2. The van der Waals surface area contributed by atoms with E-state index in [1.54, 1.807) is 4.68 Å². The highest BCUT2D eigenvalue weighted by molar-refractivity contribution is 9.10. The predicted molar refractivity (Wildman–Crippen MR) is 59.2 cm³/mol. The molecule has 0 saturated carbocycles. The summed E-state index contributed by atoms with van der Waals surface area (Å²) in [5.74, 6) is 0.575. The highest BCUT2D eigenvalue weighted by Gasteiger charge is 2.05. The smallest absolute Gasteiger partial charge is 0.152 e. The van der Waals surface area contributed by atoms with Gasteiger partial charge in [-0.1, -0.05) is 34.1 Å². The first-order valence-corrected chi connectivity index (χ1v) is 5.31. The predicted octanol–water partition coefficient (Wildman–Crippen LogP) is 1.58. The van der Waals surface area contributed by atoms with Crippen molar-refractivity contribution in [2.75, 3.05) is 0 Å². The summed E-state index contributed by atoms with van der Waals surface area (Å²) < 4.78 is 2.71. The van der Waals surface area contributed by atoms with Gasteiger partial charge in [0.25, 0.3) is 0 Å². The number of rotatable bonds is 3. The van der Waals surface area contributed by atoms with Crippen LogP contribution in [0.3, 0.4) is 0 Å². The molecule has 0 bridgehead atoms. The summed E-state index contributed by atoms with van der Waals surface area (Å²) in [6.07, 6.45) is 1.45. The van der Waals surface area contributed by atoms with Gasteiger partial charge in [-0.25, -0.2) is 9.67 Å². The van der Waals surface area contributed by atoms with Crippen molar-refractivity contribution in [3.05, 3.63) is 46.5 Å². The van der Waals surface area contributed by atoms with E-state index in [0.29, 0.717) is 12.4 Å². The molecule has 0 amide bonds. The maximum absolute atomic E-state index is 9.02. The topological polar surface area (TPSA) is 50.9 Å². The Balaban J connectivity index is 2.26. The summed E-state index contributed by atoms with van der Waals surface area (Å²) >= 11 is 3.46. The number of benzene rings is 1. The molecule has 0 aliphatic carbocycles. The highest BCUT2D eigenvalue weighted by atomic mass is 79.9. The van der Waals surface area contributed by atoms with Gasteiger partial charge in [0.1, 0.15) is 12.9 Å². The molecule has 2 rings (SSSR count). The van der Waals surface area contributed by atoms with Gasteiger partial charge in [-0.15, -0.1) is 0 Å². The van der Waals surface area contributed by atoms with Crippen molar-refractivity contribution in [1.29, 1.82) is 0 Å². The van der Waals surface area contributed by atoms with Crippen LogP contribution in [0.5, 0.6) is 0 Å². The molecule has 1 N–H and O–H groups in total. The van der Waals surface area contributed by atoms with Crippen LogP contribution in [-0.2, 0) is 13.2 Å². The third-order valence-corrected chi connectivity index (χ3v) is 2.89. The van der Waals surface area contributed by atoms with Crippen molar-refractivity contribution >= 4 is 15.9 Å². The fourth-order valence-electron chi connectivity index (χ4n) is 1.33. The zero-order chi connectivity index (χ0) is 10.7. The second-order valence-corrected chi connectivity index (χ2v) is 3.94. The first-order valence-electron chi connectivity index (χ1n) is 4.52. The van der Waals surface area contributed by atoms with E-state index in [-0.39, 0.29) is 6.61 Å². The van der Waals surface area contributed by atoms with Crippen molar-refractivity contribution in [2.45, 2.75) is 13.2 Å². The van der Waals surface area contributed by atoms with E-state index in [1.165, 1.54) is 6.33 Å². The lowest BCUT2D eigenvalue weighted by atomic mass is 10.2. The molecule has 1 aromatic carbocycles. The molecule has 5 heteroatoms. The minimum Gasteiger partial charge on any atom is -0.388 e. The summed E-state index contributed by atoms with van der Waals surface area (Å²) in [4.78, 5) is 3.95. The molecule has 0 aliphatic rings. The third-order valence-electron chi connectivity index (χ3n) is 2.12. The summed E-state index contributed by atoms with van der Waals surface area (Å²) in [5.41, 5.74) is 1.11. The molecule has 2 aromatic rings. The van der Waals surface area contributed by atoms with Crippen LogP contribution in [0.15, 0.2) is 35.1 Å². The van der Waals surface area contributed by atoms with Crippen LogP contribution in [0.1, 0.15) is 11.4 Å². The molecule has 1 aromatic heterocycles. The second-order valence-electron chi connectivity index (χ2n) is 3.08. The van der Waals surface area contributed by atoms with Crippen LogP contribution >= 0.6 is 15.9 Å². The van der Waals surface area contributed by atoms with Crippen LogP contribution in [-0.4, -0.2) is 19.9 Å². The minimum atomic E-state index is -0.0928. The first-order chi connectivity index (χ1) is 7.31. The molecule has 15 heavy (non-hydrogen) atoms. The number of halogens is 1. The highest BCUT2D eigenvalue weighted by Crippen LogP contribution is 2.16. The van der Waals surface area contributed by atoms with E-state index in [2.05, 4.69) is 26.0 Å². The van der Waals surface area contributed by atoms with Crippen LogP contribution in [0, 0.1) is 0 Å². The largest absolute Gasteiger partial charge is 0.388 e. The van der Waals surface area contributed by atoms with Crippen LogP contribution < -0.4 is 0 Å². The Hall–Kier alpha value is -1.20. The number of aromatic nitrogens is 3. The average molecular weight is 268 g/mol. The Kier molecular flexibility index (Phi) is 3.13. The summed E-state index contributed by atoms with van der Waals surface area (Å²) in [6.45, 7) is 0.516. The van der Waals surface area contributed by atoms with Crippen molar-refractivity contribution in [3.63, 3.8) is 0 Å². The maximum Gasteiger partial charge on any atom is 0.152 e. The van der Waals surface area contributed by atoms with Gasteiger partial charge in [-0.3, -0.25) is 0 Å². The first kappa shape index (κ1) is 10.3. The molecule has 0 spiro atoms. The molecular weight excluding hydrogens is 258 g/mol. The second kappa shape index (κ2) is 4.55. The van der Waals surface area contributed by atoms with E-state index >= 15 is 0 Å². The number of aliphatic hydroxyl groups excluding tert-OH is 1. The molecule has 1 heterocycles. The quantitative estimate of drug-likeness (QED) is 0.919. The number of hydrogen-bond donors (Lipinski definition) is 1. The Morgan fingerprint density at radius 3 is 2.87 bits per heavy atom. The van der Waals surface area contributed by atoms with Gasteiger partial charge < -0.3 is 5.11 Å². The lowest BCUT2D eigenvalue weighted by Gasteiger charge is -2.05. The Bertz CT molecular complexity index is 455. The molecule has 0 radical (unpaired) electrons. The molecule has 0 fully saturated rings. The molecule has 78 valence electrons. The lowest BCUT2D eigenvalue weighted by molar-refractivity contribution is 0.264. The molecule has 0 saturated heterocycles. The SMILES string of the molecule is OCc1ncnn1Cc1ccccc1Br.